The molecule has 1 saturated heterocycles. The molecule has 1 atom stereocenters. The van der Waals surface area contributed by atoms with Crippen molar-refractivity contribution in [3.05, 3.63) is 29.8 Å². The first kappa shape index (κ1) is 12.0. The Kier molecular flexibility index (Phi) is 4.03. The van der Waals surface area contributed by atoms with Crippen LogP contribution in [0.1, 0.15) is 23.2 Å². The van der Waals surface area contributed by atoms with Crippen LogP contribution >= 0.6 is 0 Å². The van der Waals surface area contributed by atoms with Crippen LogP contribution in [0.15, 0.2) is 18.5 Å². The fourth-order valence-corrected chi connectivity index (χ4v) is 1.86. The lowest BCUT2D eigenvalue weighted by Crippen LogP contribution is -2.26. The van der Waals surface area contributed by atoms with Crippen molar-refractivity contribution in [2.24, 2.45) is 5.92 Å². The monoisotopic (exact) mass is 238 g/mol. The van der Waals surface area contributed by atoms with Crippen molar-refractivity contribution in [1.29, 1.82) is 0 Å². The van der Waals surface area contributed by atoms with Crippen LogP contribution in [0.3, 0.4) is 0 Å². The van der Waals surface area contributed by atoms with Gasteiger partial charge in [0.2, 0.25) is 0 Å². The SMILES string of the molecule is O=C(NCCC1CCOC1)c1ccncc1F. The molecule has 0 spiro atoms. The van der Waals surface area contributed by atoms with Gasteiger partial charge in [0.15, 0.2) is 5.82 Å². The predicted molar refractivity (Wildman–Crippen MR) is 60.1 cm³/mol. The molecule has 0 aliphatic carbocycles. The molecule has 0 saturated carbocycles. The van der Waals surface area contributed by atoms with Gasteiger partial charge in [-0.3, -0.25) is 9.78 Å². The van der Waals surface area contributed by atoms with Gasteiger partial charge in [0, 0.05) is 26.0 Å². The summed E-state index contributed by atoms with van der Waals surface area (Å²) in [7, 11) is 0. The summed E-state index contributed by atoms with van der Waals surface area (Å²) in [6.45, 7) is 2.12. The molecule has 1 N–H and O–H groups in total. The summed E-state index contributed by atoms with van der Waals surface area (Å²) in [5.74, 6) is -0.462. The number of rotatable bonds is 4. The minimum atomic E-state index is -0.589. The van der Waals surface area contributed by atoms with Crippen molar-refractivity contribution in [2.75, 3.05) is 19.8 Å². The van der Waals surface area contributed by atoms with Gasteiger partial charge >= 0.3 is 0 Å². The van der Waals surface area contributed by atoms with Gasteiger partial charge in [-0.15, -0.1) is 0 Å². The number of hydrogen-bond acceptors (Lipinski definition) is 3. The second-order valence-electron chi connectivity index (χ2n) is 4.13. The van der Waals surface area contributed by atoms with Crippen molar-refractivity contribution < 1.29 is 13.9 Å². The summed E-state index contributed by atoms with van der Waals surface area (Å²) in [5, 5.41) is 2.70. The fourth-order valence-electron chi connectivity index (χ4n) is 1.86. The number of nitrogens with zero attached hydrogens (tertiary/aromatic N) is 1. The lowest BCUT2D eigenvalue weighted by Gasteiger charge is -2.09. The van der Waals surface area contributed by atoms with Crippen LogP contribution < -0.4 is 5.32 Å². The zero-order valence-corrected chi connectivity index (χ0v) is 9.49. The summed E-state index contributed by atoms with van der Waals surface area (Å²) in [4.78, 5) is 15.2. The molecule has 0 aromatic carbocycles. The normalized spacial score (nSPS) is 19.2. The largest absolute Gasteiger partial charge is 0.381 e. The summed E-state index contributed by atoms with van der Waals surface area (Å²) in [6, 6.07) is 1.38. The molecule has 1 aliphatic heterocycles. The van der Waals surface area contributed by atoms with Crippen molar-refractivity contribution in [3.8, 4) is 0 Å². The van der Waals surface area contributed by atoms with Crippen LogP contribution in [0, 0.1) is 11.7 Å². The highest BCUT2D eigenvalue weighted by molar-refractivity contribution is 5.94. The Hall–Kier alpha value is -1.49. The smallest absolute Gasteiger partial charge is 0.254 e. The highest BCUT2D eigenvalue weighted by Crippen LogP contribution is 2.15. The third-order valence-corrected chi connectivity index (χ3v) is 2.88. The first-order valence-electron chi connectivity index (χ1n) is 5.73. The zero-order valence-electron chi connectivity index (χ0n) is 9.49. The molecule has 1 aromatic rings. The fraction of sp³-hybridized carbons (Fsp3) is 0.500. The van der Waals surface area contributed by atoms with Crippen molar-refractivity contribution in [2.45, 2.75) is 12.8 Å². The van der Waals surface area contributed by atoms with Crippen LogP contribution in [-0.4, -0.2) is 30.6 Å². The van der Waals surface area contributed by atoms with Crippen LogP contribution in [0.4, 0.5) is 4.39 Å². The minimum absolute atomic E-state index is 0.0441. The van der Waals surface area contributed by atoms with E-state index < -0.39 is 5.82 Å². The standard InChI is InChI=1S/C12H15FN2O2/c13-11-7-14-4-2-10(11)12(16)15-5-1-9-3-6-17-8-9/h2,4,7,9H,1,3,5-6,8H2,(H,15,16). The molecule has 5 heteroatoms. The second-order valence-corrected chi connectivity index (χ2v) is 4.13. The number of nitrogens with one attached hydrogen (secondary N) is 1. The molecule has 17 heavy (non-hydrogen) atoms. The highest BCUT2D eigenvalue weighted by atomic mass is 19.1. The third-order valence-electron chi connectivity index (χ3n) is 2.88. The lowest BCUT2D eigenvalue weighted by atomic mass is 10.1. The van der Waals surface area contributed by atoms with E-state index in [0.717, 1.165) is 32.3 Å². The average molecular weight is 238 g/mol. The third kappa shape index (κ3) is 3.23. The lowest BCUT2D eigenvalue weighted by molar-refractivity contribution is 0.0946. The van der Waals surface area contributed by atoms with Crippen LogP contribution in [0.5, 0.6) is 0 Å². The van der Waals surface area contributed by atoms with E-state index in [1.54, 1.807) is 0 Å². The maximum absolute atomic E-state index is 13.2. The van der Waals surface area contributed by atoms with E-state index in [2.05, 4.69) is 10.3 Å². The van der Waals surface area contributed by atoms with Gasteiger partial charge in [-0.05, 0) is 24.8 Å². The van der Waals surface area contributed by atoms with Crippen molar-refractivity contribution in [3.63, 3.8) is 0 Å². The molecular weight excluding hydrogens is 223 g/mol. The number of halogens is 1. The molecule has 1 amide bonds. The zero-order chi connectivity index (χ0) is 12.1. The molecule has 2 heterocycles. The Morgan fingerprint density at radius 2 is 2.53 bits per heavy atom. The van der Waals surface area contributed by atoms with E-state index in [0.29, 0.717) is 12.5 Å². The number of amides is 1. The maximum atomic E-state index is 13.2. The van der Waals surface area contributed by atoms with E-state index in [4.69, 9.17) is 4.74 Å². The summed E-state index contributed by atoms with van der Waals surface area (Å²) >= 11 is 0. The quantitative estimate of drug-likeness (QED) is 0.862. The molecule has 1 aliphatic rings. The number of carbonyl (C=O) groups excluding carboxylic acids is 1. The Balaban J connectivity index is 1.79. The number of aromatic nitrogens is 1. The van der Waals surface area contributed by atoms with Gasteiger partial charge in [-0.1, -0.05) is 0 Å². The predicted octanol–water partition coefficient (Wildman–Crippen LogP) is 1.38. The van der Waals surface area contributed by atoms with Gasteiger partial charge in [-0.2, -0.15) is 0 Å². The van der Waals surface area contributed by atoms with Crippen molar-refractivity contribution >= 4 is 5.91 Å². The van der Waals surface area contributed by atoms with E-state index in [1.165, 1.54) is 12.3 Å². The molecule has 1 unspecified atom stereocenters. The second kappa shape index (κ2) is 5.72. The Labute approximate surface area is 99.2 Å². The Morgan fingerprint density at radius 1 is 1.65 bits per heavy atom. The van der Waals surface area contributed by atoms with E-state index >= 15 is 0 Å². The van der Waals surface area contributed by atoms with Crippen LogP contribution in [0.2, 0.25) is 0 Å². The number of pyridine rings is 1. The first-order chi connectivity index (χ1) is 8.27. The van der Waals surface area contributed by atoms with Gasteiger partial charge < -0.3 is 10.1 Å². The maximum Gasteiger partial charge on any atom is 0.254 e. The number of ether oxygens (including phenoxy) is 1. The Morgan fingerprint density at radius 3 is 3.24 bits per heavy atom. The minimum Gasteiger partial charge on any atom is -0.381 e. The molecular formula is C12H15FN2O2. The van der Waals surface area contributed by atoms with E-state index in [-0.39, 0.29) is 11.5 Å². The van der Waals surface area contributed by atoms with Gasteiger partial charge in [0.25, 0.3) is 5.91 Å². The summed E-state index contributed by atoms with van der Waals surface area (Å²) in [6.07, 6.45) is 4.36. The Bertz CT molecular complexity index is 392. The summed E-state index contributed by atoms with van der Waals surface area (Å²) < 4.78 is 18.5. The van der Waals surface area contributed by atoms with E-state index in [1.807, 2.05) is 0 Å². The number of hydrogen-bond donors (Lipinski definition) is 1. The molecule has 0 bridgehead atoms. The first-order valence-corrected chi connectivity index (χ1v) is 5.73. The van der Waals surface area contributed by atoms with Gasteiger partial charge in [0.1, 0.15) is 0 Å². The summed E-state index contributed by atoms with van der Waals surface area (Å²) in [5.41, 5.74) is 0.0441. The van der Waals surface area contributed by atoms with Crippen LogP contribution in [-0.2, 0) is 4.74 Å². The number of carbonyl (C=O) groups is 1. The molecule has 0 radical (unpaired) electrons. The van der Waals surface area contributed by atoms with Crippen LogP contribution in [0.25, 0.3) is 0 Å². The molecule has 1 fully saturated rings. The van der Waals surface area contributed by atoms with Gasteiger partial charge in [0.05, 0.1) is 11.8 Å². The molecule has 1 aromatic heterocycles. The molecule has 92 valence electrons. The van der Waals surface area contributed by atoms with Gasteiger partial charge in [-0.25, -0.2) is 4.39 Å². The molecule has 4 nitrogen and oxygen atoms in total. The molecule has 2 rings (SSSR count). The van der Waals surface area contributed by atoms with Crippen molar-refractivity contribution in [1.82, 2.24) is 10.3 Å². The van der Waals surface area contributed by atoms with E-state index in [9.17, 15) is 9.18 Å². The average Bonchev–Trinajstić information content (AvgIpc) is 2.82. The highest BCUT2D eigenvalue weighted by Gasteiger charge is 2.16. The topological polar surface area (TPSA) is 51.2 Å².